The Bertz CT molecular complexity index is 1010. The van der Waals surface area contributed by atoms with E-state index in [0.29, 0.717) is 43.8 Å². The van der Waals surface area contributed by atoms with Crippen LogP contribution in [0.15, 0.2) is 24.3 Å². The molecule has 1 aliphatic carbocycles. The van der Waals surface area contributed by atoms with Crippen LogP contribution in [0.4, 0.5) is 17.6 Å². The van der Waals surface area contributed by atoms with Crippen molar-refractivity contribution in [1.29, 1.82) is 0 Å². The fourth-order valence-electron chi connectivity index (χ4n) is 5.89. The van der Waals surface area contributed by atoms with Gasteiger partial charge in [0.15, 0.2) is 23.3 Å². The average molecular weight is 507 g/mol. The Kier molecular flexibility index (Phi) is 9.46. The van der Waals surface area contributed by atoms with Gasteiger partial charge >= 0.3 is 0 Å². The second-order valence-electron chi connectivity index (χ2n) is 10.4. The van der Waals surface area contributed by atoms with E-state index in [0.717, 1.165) is 45.1 Å². The van der Waals surface area contributed by atoms with Gasteiger partial charge < -0.3 is 9.47 Å². The molecular weight excluding hydrogens is 468 g/mol. The molecule has 0 aromatic heterocycles. The topological polar surface area (TPSA) is 18.5 Å². The van der Waals surface area contributed by atoms with Gasteiger partial charge in [0.1, 0.15) is 0 Å². The monoisotopic (exact) mass is 506 g/mol. The lowest BCUT2D eigenvalue weighted by Crippen LogP contribution is -2.26. The quantitative estimate of drug-likeness (QED) is 0.318. The van der Waals surface area contributed by atoms with Gasteiger partial charge in [0.25, 0.3) is 0 Å². The fraction of sp³-hybridized carbons (Fsp3) is 0.600. The van der Waals surface area contributed by atoms with E-state index in [9.17, 15) is 4.39 Å². The van der Waals surface area contributed by atoms with Gasteiger partial charge in [-0.2, -0.15) is 0 Å². The molecule has 2 aromatic rings. The van der Waals surface area contributed by atoms with Crippen LogP contribution >= 0.6 is 0 Å². The molecule has 2 aromatic carbocycles. The van der Waals surface area contributed by atoms with Crippen molar-refractivity contribution in [3.05, 3.63) is 58.7 Å². The first-order valence-corrected chi connectivity index (χ1v) is 13.6. The molecule has 2 nitrogen and oxygen atoms in total. The van der Waals surface area contributed by atoms with Crippen molar-refractivity contribution in [3.63, 3.8) is 0 Å². The van der Waals surface area contributed by atoms with Crippen molar-refractivity contribution in [2.75, 3.05) is 13.2 Å². The van der Waals surface area contributed by atoms with Crippen molar-refractivity contribution < 1.29 is 27.0 Å². The molecule has 0 spiro atoms. The molecule has 0 radical (unpaired) electrons. The maximum absolute atomic E-state index is 15.1. The minimum absolute atomic E-state index is 0.0444. The number of hydrogen-bond acceptors (Lipinski definition) is 2. The largest absolute Gasteiger partial charge is 0.379 e. The Balaban J connectivity index is 1.43. The molecule has 6 heteroatoms. The van der Waals surface area contributed by atoms with E-state index in [1.54, 1.807) is 0 Å². The maximum Gasteiger partial charge on any atom is 0.167 e. The van der Waals surface area contributed by atoms with Crippen LogP contribution in [0, 0.1) is 29.2 Å². The van der Waals surface area contributed by atoms with Crippen molar-refractivity contribution in [2.45, 2.75) is 96.2 Å². The maximum atomic E-state index is 15.1. The number of rotatable bonds is 9. The van der Waals surface area contributed by atoms with Crippen LogP contribution in [0.3, 0.4) is 0 Å². The minimum atomic E-state index is -1.14. The number of benzene rings is 2. The second-order valence-corrected chi connectivity index (χ2v) is 10.4. The Morgan fingerprint density at radius 3 is 2.11 bits per heavy atom. The van der Waals surface area contributed by atoms with E-state index in [1.165, 1.54) is 24.3 Å². The summed E-state index contributed by atoms with van der Waals surface area (Å²) in [5.41, 5.74) is 0.0341. The van der Waals surface area contributed by atoms with E-state index in [1.807, 2.05) is 6.92 Å². The smallest absolute Gasteiger partial charge is 0.167 e. The van der Waals surface area contributed by atoms with Crippen LogP contribution in [0.25, 0.3) is 11.1 Å². The summed E-state index contributed by atoms with van der Waals surface area (Å²) in [6.07, 6.45) is 8.49. The van der Waals surface area contributed by atoms with E-state index >= 15 is 13.2 Å². The zero-order valence-electron chi connectivity index (χ0n) is 21.4. The van der Waals surface area contributed by atoms with Crippen LogP contribution in [0.2, 0.25) is 0 Å². The van der Waals surface area contributed by atoms with Crippen molar-refractivity contribution in [2.24, 2.45) is 5.92 Å². The summed E-state index contributed by atoms with van der Waals surface area (Å²) in [4.78, 5) is 0. The van der Waals surface area contributed by atoms with Crippen molar-refractivity contribution >= 4 is 0 Å². The molecular formula is C30H38F4O2. The van der Waals surface area contributed by atoms with Gasteiger partial charge in [-0.25, -0.2) is 17.6 Å². The van der Waals surface area contributed by atoms with E-state index < -0.39 is 23.3 Å². The van der Waals surface area contributed by atoms with Crippen LogP contribution in [0.1, 0.15) is 88.7 Å². The lowest BCUT2D eigenvalue weighted by atomic mass is 9.82. The highest BCUT2D eigenvalue weighted by atomic mass is 19.2. The Labute approximate surface area is 212 Å². The molecule has 0 N–H and O–H groups in total. The Morgan fingerprint density at radius 2 is 1.47 bits per heavy atom. The van der Waals surface area contributed by atoms with Gasteiger partial charge in [-0.1, -0.05) is 37.6 Å². The van der Waals surface area contributed by atoms with Crippen LogP contribution in [-0.4, -0.2) is 25.4 Å². The highest BCUT2D eigenvalue weighted by Crippen LogP contribution is 2.38. The number of hydrogen-bond donors (Lipinski definition) is 0. The number of ether oxygens (including phenoxy) is 2. The predicted octanol–water partition coefficient (Wildman–Crippen LogP) is 8.50. The summed E-state index contributed by atoms with van der Waals surface area (Å²) in [5.74, 6) is -3.73. The van der Waals surface area contributed by atoms with Crippen LogP contribution in [0.5, 0.6) is 0 Å². The minimum Gasteiger partial charge on any atom is -0.379 e. The van der Waals surface area contributed by atoms with E-state index in [2.05, 4.69) is 6.92 Å². The third-order valence-electron chi connectivity index (χ3n) is 7.98. The summed E-state index contributed by atoms with van der Waals surface area (Å²) < 4.78 is 71.7. The lowest BCUT2D eigenvalue weighted by Gasteiger charge is -2.29. The van der Waals surface area contributed by atoms with Gasteiger partial charge in [-0.15, -0.1) is 0 Å². The normalized spacial score (nSPS) is 24.7. The lowest BCUT2D eigenvalue weighted by molar-refractivity contribution is -0.0216. The first-order chi connectivity index (χ1) is 17.4. The molecule has 1 saturated carbocycles. The van der Waals surface area contributed by atoms with Gasteiger partial charge in [0.05, 0.1) is 12.2 Å². The third-order valence-corrected chi connectivity index (χ3v) is 7.98. The molecule has 1 saturated heterocycles. The number of aryl methyl sites for hydroxylation is 1. The zero-order chi connectivity index (χ0) is 25.7. The summed E-state index contributed by atoms with van der Waals surface area (Å²) in [7, 11) is 0. The Morgan fingerprint density at radius 1 is 0.778 bits per heavy atom. The molecule has 0 bridgehead atoms. The highest BCUT2D eigenvalue weighted by Gasteiger charge is 2.28. The SMILES string of the molecule is CCCC1CCC(CCc2ccc(-c3ccc(C4CCC(OCC)CC4)c(F)c3F)c(F)c2F)OC1. The molecule has 36 heavy (non-hydrogen) atoms. The molecule has 1 heterocycles. The van der Waals surface area contributed by atoms with Gasteiger partial charge in [0, 0.05) is 24.3 Å². The standard InChI is InChI=1S/C30H38F4O2/c1-3-5-19-6-11-23(36-18-19)14-9-21-10-15-25(29(33)27(21)31)26-17-16-24(28(32)30(26)34)20-7-12-22(13-8-20)35-4-2/h10,15-17,19-20,22-23H,3-9,11-14,18H2,1-2H3. The molecule has 2 fully saturated rings. The Hall–Kier alpha value is -1.92. The van der Waals surface area contributed by atoms with Gasteiger partial charge in [0.2, 0.25) is 0 Å². The molecule has 2 unspecified atom stereocenters. The second kappa shape index (κ2) is 12.6. The first-order valence-electron chi connectivity index (χ1n) is 13.6. The summed E-state index contributed by atoms with van der Waals surface area (Å²) >= 11 is 0. The first kappa shape index (κ1) is 27.1. The molecule has 2 aliphatic rings. The van der Waals surface area contributed by atoms with Crippen LogP contribution in [-0.2, 0) is 15.9 Å². The summed E-state index contributed by atoms with van der Waals surface area (Å²) in [5, 5.41) is 0. The van der Waals surface area contributed by atoms with Crippen molar-refractivity contribution in [1.82, 2.24) is 0 Å². The van der Waals surface area contributed by atoms with Crippen LogP contribution < -0.4 is 0 Å². The van der Waals surface area contributed by atoms with Crippen molar-refractivity contribution in [3.8, 4) is 11.1 Å². The van der Waals surface area contributed by atoms with Gasteiger partial charge in [-0.05, 0) is 87.7 Å². The summed E-state index contributed by atoms with van der Waals surface area (Å²) in [6, 6.07) is 5.74. The highest BCUT2D eigenvalue weighted by molar-refractivity contribution is 5.66. The van der Waals surface area contributed by atoms with Gasteiger partial charge in [-0.3, -0.25) is 0 Å². The average Bonchev–Trinajstić information content (AvgIpc) is 2.89. The summed E-state index contributed by atoms with van der Waals surface area (Å²) in [6.45, 7) is 5.48. The molecule has 4 rings (SSSR count). The molecule has 198 valence electrons. The fourth-order valence-corrected chi connectivity index (χ4v) is 5.89. The predicted molar refractivity (Wildman–Crippen MR) is 134 cm³/mol. The third kappa shape index (κ3) is 6.13. The van der Waals surface area contributed by atoms with E-state index in [4.69, 9.17) is 9.47 Å². The number of halogens is 4. The molecule has 1 aliphatic heterocycles. The van der Waals surface area contributed by atoms with E-state index in [-0.39, 0.29) is 34.8 Å². The molecule has 0 amide bonds. The zero-order valence-corrected chi connectivity index (χ0v) is 21.4. The molecule has 2 atom stereocenters.